The first kappa shape index (κ1) is 33.0. The second-order valence-corrected chi connectivity index (χ2v) is 16.0. The highest BCUT2D eigenvalue weighted by Crippen LogP contribution is 2.58. The molecule has 12 heteroatoms. The molecule has 8 aliphatic carbocycles. The number of nitrogens with zero attached hydrogens (tertiary/aromatic N) is 2. The van der Waals surface area contributed by atoms with E-state index in [1.165, 1.54) is 44.7 Å². The summed E-state index contributed by atoms with van der Waals surface area (Å²) in [6, 6.07) is 0. The van der Waals surface area contributed by atoms with Crippen LogP contribution < -0.4 is 0 Å². The summed E-state index contributed by atoms with van der Waals surface area (Å²) < 4.78 is 23.1. The molecule has 1 heterocycles. The minimum absolute atomic E-state index is 0.157. The van der Waals surface area contributed by atoms with Crippen molar-refractivity contribution in [3.05, 3.63) is 0 Å². The fourth-order valence-corrected chi connectivity index (χ4v) is 11.2. The number of aliphatic imine (C=N–C) groups is 2. The molecule has 0 radical (unpaired) electrons. The number of aliphatic hydroxyl groups is 5. The average molecular weight is 649 g/mol. The molecule has 46 heavy (non-hydrogen) atoms. The van der Waals surface area contributed by atoms with Crippen molar-refractivity contribution in [2.75, 3.05) is 13.2 Å². The SMILES string of the molecule is CC(=O)O[C@H]1[C@H](O)[C@@H](O[C@H](C=NC23CC4CC(CC(C4)C2)C3)[C@H](CO)O[C@@H](O)C=NC23CC4CC(CC(C4)C2)C3)O[C@@H](CO)[C@@H]1O. The predicted molar refractivity (Wildman–Crippen MR) is 165 cm³/mol. The van der Waals surface area contributed by atoms with Gasteiger partial charge in [0.25, 0.3) is 0 Å². The summed E-state index contributed by atoms with van der Waals surface area (Å²) in [6.07, 6.45) is 5.91. The molecule has 0 aromatic carbocycles. The van der Waals surface area contributed by atoms with E-state index in [2.05, 4.69) is 0 Å². The lowest BCUT2D eigenvalue weighted by Crippen LogP contribution is -2.61. The molecule has 0 aromatic heterocycles. The predicted octanol–water partition coefficient (Wildman–Crippen LogP) is 1.52. The molecule has 8 saturated carbocycles. The molecular formula is C34H52N2O10. The molecule has 9 rings (SSSR count). The van der Waals surface area contributed by atoms with Gasteiger partial charge in [-0.05, 0) is 113 Å². The molecule has 12 nitrogen and oxygen atoms in total. The molecule has 8 bridgehead atoms. The van der Waals surface area contributed by atoms with Crippen LogP contribution in [0, 0.1) is 35.5 Å². The van der Waals surface area contributed by atoms with Gasteiger partial charge in [0, 0.05) is 13.1 Å². The number of hydrogen-bond acceptors (Lipinski definition) is 12. The van der Waals surface area contributed by atoms with Crippen LogP contribution in [0.5, 0.6) is 0 Å². The fourth-order valence-electron chi connectivity index (χ4n) is 11.2. The highest BCUT2D eigenvalue weighted by Gasteiger charge is 2.53. The Kier molecular flexibility index (Phi) is 9.38. The molecule has 0 amide bonds. The Balaban J connectivity index is 1.10. The second kappa shape index (κ2) is 13.1. The molecule has 0 aromatic rings. The third kappa shape index (κ3) is 6.70. The topological polar surface area (TPSA) is 180 Å². The summed E-state index contributed by atoms with van der Waals surface area (Å²) in [7, 11) is 0. The van der Waals surface area contributed by atoms with Gasteiger partial charge < -0.3 is 44.5 Å². The zero-order valence-corrected chi connectivity index (χ0v) is 26.8. The number of esters is 1. The maximum Gasteiger partial charge on any atom is 0.303 e. The Labute approximate surface area is 270 Å². The molecular weight excluding hydrogens is 596 g/mol. The van der Waals surface area contributed by atoms with E-state index in [9.17, 15) is 30.3 Å². The van der Waals surface area contributed by atoms with Crippen LogP contribution in [0.25, 0.3) is 0 Å². The standard InChI is InChI=1S/C34H52N2O10/c1-18(39)43-31-29(41)27(17-38)46-32(30(31)42)45-25(14-35-33-8-19-2-20(9-33)4-21(3-19)10-33)26(16-37)44-28(40)15-36-34-11-22-5-23(12-34)7-24(6-22)13-34/h14-15,19-32,37-38,40-42H,2-13,16-17H2,1H3/t19?,20?,21?,22?,23?,24?,25-,26+,27+,28-,29+,30+,31-,32+,33?,34?/m1/s1. The van der Waals surface area contributed by atoms with Crippen LogP contribution in [0.3, 0.4) is 0 Å². The summed E-state index contributed by atoms with van der Waals surface area (Å²) in [4.78, 5) is 21.8. The summed E-state index contributed by atoms with van der Waals surface area (Å²) in [5.74, 6) is 3.32. The van der Waals surface area contributed by atoms with E-state index >= 15 is 0 Å². The van der Waals surface area contributed by atoms with Crippen LogP contribution in [0.1, 0.15) is 84.0 Å². The van der Waals surface area contributed by atoms with Gasteiger partial charge >= 0.3 is 5.97 Å². The summed E-state index contributed by atoms with van der Waals surface area (Å²) in [5, 5.41) is 53.1. The van der Waals surface area contributed by atoms with Crippen molar-refractivity contribution < 1.29 is 49.3 Å². The minimum Gasteiger partial charge on any atom is -0.457 e. The molecule has 1 saturated heterocycles. The van der Waals surface area contributed by atoms with Crippen molar-refractivity contribution >= 4 is 18.4 Å². The maximum absolute atomic E-state index is 11.8. The number of carbonyl (C=O) groups is 1. The lowest BCUT2D eigenvalue weighted by Gasteiger charge is -2.55. The van der Waals surface area contributed by atoms with E-state index in [1.807, 2.05) is 0 Å². The monoisotopic (exact) mass is 648 g/mol. The lowest BCUT2D eigenvalue weighted by molar-refractivity contribution is -0.315. The lowest BCUT2D eigenvalue weighted by atomic mass is 9.53. The summed E-state index contributed by atoms with van der Waals surface area (Å²) >= 11 is 0. The number of ether oxygens (including phenoxy) is 4. The van der Waals surface area contributed by atoms with Crippen molar-refractivity contribution in [3.8, 4) is 0 Å². The van der Waals surface area contributed by atoms with Gasteiger partial charge in [-0.15, -0.1) is 0 Å². The minimum atomic E-state index is -1.61. The molecule has 5 N–H and O–H groups in total. The summed E-state index contributed by atoms with van der Waals surface area (Å²) in [5.41, 5.74) is -0.388. The third-order valence-electron chi connectivity index (χ3n) is 12.3. The van der Waals surface area contributed by atoms with Crippen LogP contribution in [0.4, 0.5) is 0 Å². The smallest absolute Gasteiger partial charge is 0.303 e. The zero-order valence-electron chi connectivity index (χ0n) is 26.8. The van der Waals surface area contributed by atoms with E-state index in [-0.39, 0.29) is 11.1 Å². The zero-order chi connectivity index (χ0) is 32.2. The van der Waals surface area contributed by atoms with Crippen molar-refractivity contribution in [1.29, 1.82) is 0 Å². The highest BCUT2D eigenvalue weighted by molar-refractivity contribution is 5.66. The van der Waals surface area contributed by atoms with Crippen LogP contribution in [0.2, 0.25) is 0 Å². The molecule has 8 atom stereocenters. The van der Waals surface area contributed by atoms with Gasteiger partial charge in [-0.1, -0.05) is 0 Å². The van der Waals surface area contributed by atoms with Gasteiger partial charge in [-0.25, -0.2) is 0 Å². The van der Waals surface area contributed by atoms with E-state index in [1.54, 1.807) is 6.21 Å². The van der Waals surface area contributed by atoms with Crippen molar-refractivity contribution in [2.45, 2.75) is 144 Å². The second-order valence-electron chi connectivity index (χ2n) is 16.0. The van der Waals surface area contributed by atoms with Gasteiger partial charge in [0.1, 0.15) is 30.5 Å². The van der Waals surface area contributed by atoms with Crippen LogP contribution >= 0.6 is 0 Å². The molecule has 0 spiro atoms. The van der Waals surface area contributed by atoms with Gasteiger partial charge in [-0.2, -0.15) is 0 Å². The van der Waals surface area contributed by atoms with Gasteiger partial charge in [0.05, 0.1) is 30.5 Å². The van der Waals surface area contributed by atoms with E-state index < -0.39 is 68.4 Å². The normalized spacial score (nSPS) is 47.9. The Hall–Kier alpha value is -1.51. The fraction of sp³-hybridized carbons (Fsp3) is 0.912. The van der Waals surface area contributed by atoms with Gasteiger partial charge in [0.2, 0.25) is 0 Å². The number of hydrogen-bond donors (Lipinski definition) is 5. The maximum atomic E-state index is 11.8. The van der Waals surface area contributed by atoms with Crippen molar-refractivity contribution in [2.24, 2.45) is 45.5 Å². The van der Waals surface area contributed by atoms with Crippen LogP contribution in [-0.4, -0.2) is 117 Å². The third-order valence-corrected chi connectivity index (χ3v) is 12.3. The summed E-state index contributed by atoms with van der Waals surface area (Å²) in [6.45, 7) is 0.000680. The van der Waals surface area contributed by atoms with Gasteiger partial charge in [0.15, 0.2) is 18.7 Å². The number of carbonyl (C=O) groups excluding carboxylic acids is 1. The van der Waals surface area contributed by atoms with Crippen LogP contribution in [-0.2, 0) is 23.7 Å². The van der Waals surface area contributed by atoms with E-state index in [4.69, 9.17) is 28.9 Å². The van der Waals surface area contributed by atoms with Gasteiger partial charge in [-0.3, -0.25) is 14.8 Å². The van der Waals surface area contributed by atoms with Crippen molar-refractivity contribution in [3.63, 3.8) is 0 Å². The first-order valence-corrected chi connectivity index (χ1v) is 17.5. The van der Waals surface area contributed by atoms with Crippen LogP contribution in [0.15, 0.2) is 9.98 Å². The largest absolute Gasteiger partial charge is 0.457 e. The molecule has 0 unspecified atom stereocenters. The van der Waals surface area contributed by atoms with Crippen molar-refractivity contribution in [1.82, 2.24) is 0 Å². The Morgan fingerprint density at radius 1 is 0.826 bits per heavy atom. The molecule has 258 valence electrons. The first-order valence-electron chi connectivity index (χ1n) is 17.5. The average Bonchev–Trinajstić information content (AvgIpc) is 2.99. The molecule has 9 fully saturated rings. The quantitative estimate of drug-likeness (QED) is 0.118. The van der Waals surface area contributed by atoms with E-state index in [0.29, 0.717) is 35.5 Å². The van der Waals surface area contributed by atoms with E-state index in [0.717, 1.165) is 45.4 Å². The Morgan fingerprint density at radius 2 is 1.30 bits per heavy atom. The molecule has 1 aliphatic heterocycles. The molecule has 9 aliphatic rings. The Morgan fingerprint density at radius 3 is 1.74 bits per heavy atom. The first-order chi connectivity index (χ1) is 22.0. The highest BCUT2D eigenvalue weighted by atomic mass is 16.7. The Bertz CT molecular complexity index is 1090. The number of rotatable bonds is 12. The number of aliphatic hydroxyl groups excluding tert-OH is 5.